The van der Waals surface area contributed by atoms with Crippen LogP contribution in [0.1, 0.15) is 36.8 Å². The van der Waals surface area contributed by atoms with Gasteiger partial charge in [0.2, 0.25) is 0 Å². The van der Waals surface area contributed by atoms with Crippen molar-refractivity contribution in [1.29, 1.82) is 0 Å². The molecule has 1 fully saturated rings. The average Bonchev–Trinajstić information content (AvgIpc) is 2.64. The minimum absolute atomic E-state index is 0.0843. The number of allylic oxidation sites excluding steroid dienone is 1. The molecule has 1 aliphatic rings. The lowest BCUT2D eigenvalue weighted by Gasteiger charge is -2.22. The van der Waals surface area contributed by atoms with Crippen LogP contribution in [-0.4, -0.2) is 0 Å². The van der Waals surface area contributed by atoms with E-state index in [2.05, 4.69) is 18.4 Å². The lowest BCUT2D eigenvalue weighted by atomic mass is 9.82. The first-order valence-electron chi connectivity index (χ1n) is 8.57. The standard InChI is InChI=1S/C22H18F4/c1-2-14-6-8-15(9-7-14)10-11-16-4-3-5-17-18(16)12-20(23)19(22(17)26)13-21(24)25/h2-5,12-15H,1,6-9H2. The van der Waals surface area contributed by atoms with Gasteiger partial charge in [-0.05, 0) is 43.7 Å². The highest BCUT2D eigenvalue weighted by molar-refractivity contribution is 5.90. The zero-order valence-corrected chi connectivity index (χ0v) is 14.2. The molecular weight excluding hydrogens is 340 g/mol. The first kappa shape index (κ1) is 18.3. The van der Waals surface area contributed by atoms with Gasteiger partial charge in [0.15, 0.2) is 0 Å². The summed E-state index contributed by atoms with van der Waals surface area (Å²) in [5.74, 6) is 5.00. The minimum Gasteiger partial charge on any atom is -0.206 e. The molecule has 2 aromatic rings. The third kappa shape index (κ3) is 3.83. The first-order chi connectivity index (χ1) is 12.5. The summed E-state index contributed by atoms with van der Waals surface area (Å²) in [4.78, 5) is 0. The normalized spacial score (nSPS) is 19.5. The summed E-state index contributed by atoms with van der Waals surface area (Å²) in [6.07, 6.45) is 4.09. The smallest absolute Gasteiger partial charge is 0.206 e. The second kappa shape index (κ2) is 7.78. The van der Waals surface area contributed by atoms with E-state index in [0.29, 0.717) is 16.9 Å². The first-order valence-corrected chi connectivity index (χ1v) is 8.57. The molecule has 0 aliphatic heterocycles. The Bertz CT molecular complexity index is 919. The fraction of sp³-hybridized carbons (Fsp3) is 0.273. The molecule has 0 spiro atoms. The fourth-order valence-corrected chi connectivity index (χ4v) is 3.40. The summed E-state index contributed by atoms with van der Waals surface area (Å²) in [6, 6.07) is 5.81. The molecule has 0 amide bonds. The van der Waals surface area contributed by atoms with E-state index in [1.54, 1.807) is 12.1 Å². The Morgan fingerprint density at radius 3 is 2.46 bits per heavy atom. The molecular formula is C22H18F4. The van der Waals surface area contributed by atoms with E-state index >= 15 is 0 Å². The van der Waals surface area contributed by atoms with Crippen LogP contribution in [0.4, 0.5) is 17.6 Å². The lowest BCUT2D eigenvalue weighted by Crippen LogP contribution is -2.11. The number of benzene rings is 2. The molecule has 0 atom stereocenters. The van der Waals surface area contributed by atoms with E-state index in [0.717, 1.165) is 31.7 Å². The fourth-order valence-electron chi connectivity index (χ4n) is 3.40. The molecule has 0 N–H and O–H groups in total. The third-order valence-electron chi connectivity index (χ3n) is 4.88. The van der Waals surface area contributed by atoms with Crippen molar-refractivity contribution < 1.29 is 17.6 Å². The van der Waals surface area contributed by atoms with E-state index in [9.17, 15) is 17.6 Å². The minimum atomic E-state index is -2.15. The lowest BCUT2D eigenvalue weighted by molar-refractivity contribution is 0.365. The van der Waals surface area contributed by atoms with Crippen LogP contribution in [0.5, 0.6) is 0 Å². The highest BCUT2D eigenvalue weighted by Crippen LogP contribution is 2.30. The van der Waals surface area contributed by atoms with Crippen LogP contribution in [0.25, 0.3) is 16.8 Å². The Hall–Kier alpha value is -2.54. The van der Waals surface area contributed by atoms with Gasteiger partial charge in [0.1, 0.15) is 11.6 Å². The van der Waals surface area contributed by atoms with E-state index in [-0.39, 0.29) is 17.4 Å². The van der Waals surface area contributed by atoms with Gasteiger partial charge in [0, 0.05) is 28.3 Å². The molecule has 0 bridgehead atoms. The zero-order valence-electron chi connectivity index (χ0n) is 14.2. The molecule has 26 heavy (non-hydrogen) atoms. The molecule has 0 unspecified atom stereocenters. The second-order valence-electron chi connectivity index (χ2n) is 6.54. The maximum atomic E-state index is 14.5. The van der Waals surface area contributed by atoms with E-state index in [1.165, 1.54) is 6.07 Å². The van der Waals surface area contributed by atoms with Crippen molar-refractivity contribution in [3.05, 3.63) is 65.8 Å². The zero-order chi connectivity index (χ0) is 18.7. The monoisotopic (exact) mass is 358 g/mol. The van der Waals surface area contributed by atoms with Crippen LogP contribution in [0.2, 0.25) is 0 Å². The van der Waals surface area contributed by atoms with Crippen molar-refractivity contribution in [3.8, 4) is 11.8 Å². The van der Waals surface area contributed by atoms with E-state index in [1.807, 2.05) is 6.08 Å². The number of hydrogen-bond acceptors (Lipinski definition) is 0. The molecule has 0 radical (unpaired) electrons. The molecule has 0 aromatic heterocycles. The molecule has 134 valence electrons. The number of fused-ring (bicyclic) bond motifs is 1. The molecule has 0 saturated heterocycles. The quantitative estimate of drug-likeness (QED) is 0.318. The summed E-state index contributed by atoms with van der Waals surface area (Å²) >= 11 is 0. The maximum Gasteiger partial charge on any atom is 0.271 e. The van der Waals surface area contributed by atoms with Gasteiger partial charge in [-0.1, -0.05) is 30.0 Å². The summed E-state index contributed by atoms with van der Waals surface area (Å²) in [5.41, 5.74) is -0.229. The Balaban J connectivity index is 1.97. The Morgan fingerprint density at radius 2 is 1.81 bits per heavy atom. The van der Waals surface area contributed by atoms with Gasteiger partial charge in [-0.3, -0.25) is 0 Å². The largest absolute Gasteiger partial charge is 0.271 e. The molecule has 2 aromatic carbocycles. The van der Waals surface area contributed by atoms with Crippen LogP contribution in [-0.2, 0) is 0 Å². The van der Waals surface area contributed by atoms with Crippen LogP contribution in [0, 0.1) is 35.3 Å². The number of halogens is 4. The van der Waals surface area contributed by atoms with Gasteiger partial charge < -0.3 is 0 Å². The van der Waals surface area contributed by atoms with Crippen molar-refractivity contribution >= 4 is 16.8 Å². The molecule has 0 nitrogen and oxygen atoms in total. The Morgan fingerprint density at radius 1 is 1.08 bits per heavy atom. The molecule has 1 aliphatic carbocycles. The summed E-state index contributed by atoms with van der Waals surface area (Å²) in [5, 5.41) is 0.382. The van der Waals surface area contributed by atoms with Crippen molar-refractivity contribution in [2.75, 3.05) is 0 Å². The van der Waals surface area contributed by atoms with Gasteiger partial charge in [-0.15, -0.1) is 6.58 Å². The van der Waals surface area contributed by atoms with Gasteiger partial charge in [-0.25, -0.2) is 8.78 Å². The number of hydrogen-bond donors (Lipinski definition) is 0. The number of rotatable bonds is 2. The maximum absolute atomic E-state index is 14.5. The van der Waals surface area contributed by atoms with Crippen LogP contribution < -0.4 is 0 Å². The predicted octanol–water partition coefficient (Wildman–Crippen LogP) is 6.70. The van der Waals surface area contributed by atoms with Crippen molar-refractivity contribution in [2.45, 2.75) is 25.7 Å². The van der Waals surface area contributed by atoms with E-state index in [4.69, 9.17) is 0 Å². The van der Waals surface area contributed by atoms with Gasteiger partial charge >= 0.3 is 0 Å². The van der Waals surface area contributed by atoms with Crippen molar-refractivity contribution in [3.63, 3.8) is 0 Å². The summed E-state index contributed by atoms with van der Waals surface area (Å²) in [7, 11) is 0. The summed E-state index contributed by atoms with van der Waals surface area (Å²) < 4.78 is 53.5. The predicted molar refractivity (Wildman–Crippen MR) is 96.6 cm³/mol. The summed E-state index contributed by atoms with van der Waals surface area (Å²) in [6.45, 7) is 3.82. The van der Waals surface area contributed by atoms with Crippen molar-refractivity contribution in [2.24, 2.45) is 11.8 Å². The molecule has 3 rings (SSSR count). The van der Waals surface area contributed by atoms with Crippen LogP contribution >= 0.6 is 0 Å². The highest BCUT2D eigenvalue weighted by atomic mass is 19.3. The second-order valence-corrected chi connectivity index (χ2v) is 6.54. The van der Waals surface area contributed by atoms with E-state index < -0.39 is 23.3 Å². The van der Waals surface area contributed by atoms with Crippen molar-refractivity contribution in [1.82, 2.24) is 0 Å². The van der Waals surface area contributed by atoms with Gasteiger partial charge in [0.05, 0.1) is 5.56 Å². The topological polar surface area (TPSA) is 0 Å². The van der Waals surface area contributed by atoms with Crippen LogP contribution in [0.15, 0.2) is 43.0 Å². The Labute approximate surface area is 150 Å². The molecule has 1 saturated carbocycles. The Kier molecular flexibility index (Phi) is 5.46. The third-order valence-corrected chi connectivity index (χ3v) is 4.88. The van der Waals surface area contributed by atoms with Crippen LogP contribution in [0.3, 0.4) is 0 Å². The highest BCUT2D eigenvalue weighted by Gasteiger charge is 2.18. The average molecular weight is 358 g/mol. The van der Waals surface area contributed by atoms with Gasteiger partial charge in [-0.2, -0.15) is 8.78 Å². The molecule has 4 heteroatoms. The SMILES string of the molecule is C=CC1CCC(C#Cc2cccc3c(F)c(C=C(F)F)c(F)cc23)CC1. The van der Waals surface area contributed by atoms with Gasteiger partial charge in [0.25, 0.3) is 6.08 Å². The molecule has 0 heterocycles.